The van der Waals surface area contributed by atoms with Crippen LogP contribution in [0.4, 0.5) is 0 Å². The molecule has 0 aromatic rings. The van der Waals surface area contributed by atoms with E-state index < -0.39 is 0 Å². The van der Waals surface area contributed by atoms with Crippen LogP contribution >= 0.6 is 24.2 Å². The molecule has 0 amide bonds. The molecule has 0 bridgehead atoms. The van der Waals surface area contributed by atoms with Gasteiger partial charge in [0.25, 0.3) is 0 Å². The lowest BCUT2D eigenvalue weighted by molar-refractivity contribution is 0.793. The summed E-state index contributed by atoms with van der Waals surface area (Å²) in [5, 5.41) is 0. The lowest BCUT2D eigenvalue weighted by Gasteiger charge is -2.01. The smallest absolute Gasteiger partial charge is 0.0228 e. The van der Waals surface area contributed by atoms with Crippen LogP contribution in [0.2, 0.25) is 0 Å². The third-order valence-corrected chi connectivity index (χ3v) is 1.60. The van der Waals surface area contributed by atoms with Crippen LogP contribution in [-0.4, -0.2) is 18.1 Å². The van der Waals surface area contributed by atoms with Crippen molar-refractivity contribution in [2.45, 2.75) is 12.5 Å². The second-order valence-electron chi connectivity index (χ2n) is 1.68. The van der Waals surface area contributed by atoms with Gasteiger partial charge in [0.05, 0.1) is 0 Å². The second-order valence-corrected chi connectivity index (χ2v) is 2.67. The monoisotopic (exact) mass is 167 g/mol. The van der Waals surface area contributed by atoms with Gasteiger partial charge >= 0.3 is 0 Å². The van der Waals surface area contributed by atoms with E-state index in [0.29, 0.717) is 0 Å². The van der Waals surface area contributed by atoms with Gasteiger partial charge in [-0.3, -0.25) is 0 Å². The molecule has 0 fully saturated rings. The van der Waals surface area contributed by atoms with Gasteiger partial charge in [-0.1, -0.05) is 6.08 Å². The number of rotatable bonds is 4. The van der Waals surface area contributed by atoms with Crippen molar-refractivity contribution in [1.82, 2.24) is 0 Å². The molecule has 0 aromatic carbocycles. The molecule has 0 saturated carbocycles. The standard InChI is InChI=1S/C6H13NS.ClH/c1-3-6(7)4-5-8-2;/h3,6H,1,4-5,7H2,2H3;1H. The first kappa shape index (κ1) is 12.1. The first-order chi connectivity index (χ1) is 3.81. The number of thioether (sulfide) groups is 1. The Morgan fingerprint density at radius 1 is 1.78 bits per heavy atom. The fourth-order valence-corrected chi connectivity index (χ4v) is 0.880. The highest BCUT2D eigenvalue weighted by atomic mass is 35.5. The Morgan fingerprint density at radius 2 is 2.33 bits per heavy atom. The summed E-state index contributed by atoms with van der Waals surface area (Å²) >= 11 is 1.82. The summed E-state index contributed by atoms with van der Waals surface area (Å²) in [6.45, 7) is 3.58. The van der Waals surface area contributed by atoms with Crippen molar-refractivity contribution >= 4 is 24.2 Å². The van der Waals surface area contributed by atoms with Crippen LogP contribution in [0.15, 0.2) is 12.7 Å². The molecule has 0 aliphatic carbocycles. The van der Waals surface area contributed by atoms with E-state index in [4.69, 9.17) is 5.73 Å². The van der Waals surface area contributed by atoms with E-state index in [0.717, 1.165) is 12.2 Å². The van der Waals surface area contributed by atoms with Gasteiger partial charge in [0.1, 0.15) is 0 Å². The number of hydrogen-bond acceptors (Lipinski definition) is 2. The predicted octanol–water partition coefficient (Wildman–Crippen LogP) is 1.67. The van der Waals surface area contributed by atoms with Crippen LogP contribution < -0.4 is 5.73 Å². The normalized spacial score (nSPS) is 11.8. The fraction of sp³-hybridized carbons (Fsp3) is 0.667. The zero-order valence-electron chi connectivity index (χ0n) is 5.67. The zero-order valence-corrected chi connectivity index (χ0v) is 7.30. The molecule has 0 rings (SSSR count). The molecule has 3 heteroatoms. The minimum absolute atomic E-state index is 0. The van der Waals surface area contributed by atoms with E-state index in [1.165, 1.54) is 0 Å². The molecule has 9 heavy (non-hydrogen) atoms. The van der Waals surface area contributed by atoms with E-state index >= 15 is 0 Å². The van der Waals surface area contributed by atoms with Crippen molar-refractivity contribution < 1.29 is 0 Å². The van der Waals surface area contributed by atoms with Crippen molar-refractivity contribution in [3.05, 3.63) is 12.7 Å². The Hall–Kier alpha value is 0.340. The Kier molecular flexibility index (Phi) is 11.2. The van der Waals surface area contributed by atoms with Crippen LogP contribution in [0.3, 0.4) is 0 Å². The van der Waals surface area contributed by atoms with Crippen molar-refractivity contribution in [3.63, 3.8) is 0 Å². The summed E-state index contributed by atoms with van der Waals surface area (Å²) in [5.74, 6) is 1.13. The third kappa shape index (κ3) is 8.34. The maximum atomic E-state index is 5.53. The minimum Gasteiger partial charge on any atom is -0.324 e. The lowest BCUT2D eigenvalue weighted by Crippen LogP contribution is -2.16. The molecule has 1 atom stereocenters. The zero-order chi connectivity index (χ0) is 6.41. The minimum atomic E-state index is 0. The average molecular weight is 168 g/mol. The molecule has 56 valence electrons. The molecule has 0 aliphatic rings. The van der Waals surface area contributed by atoms with E-state index in [9.17, 15) is 0 Å². The molecule has 0 aliphatic heterocycles. The highest BCUT2D eigenvalue weighted by molar-refractivity contribution is 7.98. The maximum absolute atomic E-state index is 5.53. The van der Waals surface area contributed by atoms with Gasteiger partial charge in [-0.05, 0) is 18.4 Å². The van der Waals surface area contributed by atoms with Crippen molar-refractivity contribution in [2.24, 2.45) is 5.73 Å². The van der Waals surface area contributed by atoms with Crippen molar-refractivity contribution in [2.75, 3.05) is 12.0 Å². The summed E-state index contributed by atoms with van der Waals surface area (Å²) in [6.07, 6.45) is 4.91. The van der Waals surface area contributed by atoms with Crippen LogP contribution in [0.25, 0.3) is 0 Å². The van der Waals surface area contributed by atoms with Gasteiger partial charge < -0.3 is 5.73 Å². The van der Waals surface area contributed by atoms with E-state index in [-0.39, 0.29) is 18.4 Å². The van der Waals surface area contributed by atoms with Gasteiger partial charge in [0.2, 0.25) is 0 Å². The van der Waals surface area contributed by atoms with Gasteiger partial charge in [0, 0.05) is 6.04 Å². The number of hydrogen-bond donors (Lipinski definition) is 1. The summed E-state index contributed by atoms with van der Waals surface area (Å²) in [6, 6.07) is 0.197. The Bertz CT molecular complexity index is 68.1. The largest absolute Gasteiger partial charge is 0.324 e. The second kappa shape index (κ2) is 8.34. The van der Waals surface area contributed by atoms with E-state index in [1.807, 2.05) is 11.8 Å². The quantitative estimate of drug-likeness (QED) is 0.645. The van der Waals surface area contributed by atoms with Crippen molar-refractivity contribution in [3.8, 4) is 0 Å². The molecular weight excluding hydrogens is 154 g/mol. The number of nitrogens with two attached hydrogens (primary N) is 1. The molecule has 1 unspecified atom stereocenters. The number of halogens is 1. The fourth-order valence-electron chi connectivity index (χ4n) is 0.372. The predicted molar refractivity (Wildman–Crippen MR) is 48.4 cm³/mol. The molecule has 2 N–H and O–H groups in total. The van der Waals surface area contributed by atoms with Crippen LogP contribution in [0.1, 0.15) is 6.42 Å². The maximum Gasteiger partial charge on any atom is 0.0228 e. The van der Waals surface area contributed by atoms with E-state index in [2.05, 4.69) is 12.8 Å². The third-order valence-electron chi connectivity index (χ3n) is 0.958. The summed E-state index contributed by atoms with van der Waals surface area (Å²) in [7, 11) is 0. The summed E-state index contributed by atoms with van der Waals surface area (Å²) in [5.41, 5.74) is 5.53. The van der Waals surface area contributed by atoms with Crippen LogP contribution in [0.5, 0.6) is 0 Å². The van der Waals surface area contributed by atoms with Crippen LogP contribution in [0, 0.1) is 0 Å². The molecule has 0 heterocycles. The van der Waals surface area contributed by atoms with Crippen molar-refractivity contribution in [1.29, 1.82) is 0 Å². The lowest BCUT2D eigenvalue weighted by atomic mass is 10.2. The van der Waals surface area contributed by atoms with Crippen LogP contribution in [-0.2, 0) is 0 Å². The van der Waals surface area contributed by atoms with Gasteiger partial charge in [-0.25, -0.2) is 0 Å². The molecule has 0 saturated heterocycles. The molecule has 0 spiro atoms. The molecule has 1 nitrogen and oxygen atoms in total. The molecular formula is C6H14ClNS. The average Bonchev–Trinajstić information content (AvgIpc) is 1.83. The van der Waals surface area contributed by atoms with Gasteiger partial charge in [-0.2, -0.15) is 11.8 Å². The Balaban J connectivity index is 0. The van der Waals surface area contributed by atoms with E-state index in [1.54, 1.807) is 6.08 Å². The Morgan fingerprint density at radius 3 is 2.67 bits per heavy atom. The highest BCUT2D eigenvalue weighted by Gasteiger charge is 1.92. The van der Waals surface area contributed by atoms with Gasteiger partial charge in [0.15, 0.2) is 0 Å². The molecule has 0 aromatic heterocycles. The van der Waals surface area contributed by atoms with Gasteiger partial charge in [-0.15, -0.1) is 19.0 Å². The molecule has 0 radical (unpaired) electrons. The highest BCUT2D eigenvalue weighted by Crippen LogP contribution is 1.97. The Labute approximate surface area is 67.5 Å². The SMILES string of the molecule is C=CC(N)CCSC.Cl. The summed E-state index contributed by atoms with van der Waals surface area (Å²) in [4.78, 5) is 0. The topological polar surface area (TPSA) is 26.0 Å². The first-order valence-corrected chi connectivity index (χ1v) is 4.07. The summed E-state index contributed by atoms with van der Waals surface area (Å²) < 4.78 is 0. The first-order valence-electron chi connectivity index (χ1n) is 2.68.